The zero-order valence-electron chi connectivity index (χ0n) is 18.1. The van der Waals surface area contributed by atoms with Gasteiger partial charge in [0.2, 0.25) is 0 Å². The maximum absolute atomic E-state index is 13.4. The van der Waals surface area contributed by atoms with Gasteiger partial charge >= 0.3 is 0 Å². The first-order chi connectivity index (χ1) is 15.2. The predicted molar refractivity (Wildman–Crippen MR) is 121 cm³/mol. The fraction of sp³-hybridized carbons (Fsp3) is 0.480. The van der Waals surface area contributed by atoms with E-state index in [0.717, 1.165) is 56.6 Å². The van der Waals surface area contributed by atoms with E-state index >= 15 is 0 Å². The highest BCUT2D eigenvalue weighted by atomic mass is 16.5. The monoisotopic (exact) mass is 418 g/mol. The average Bonchev–Trinajstić information content (AvgIpc) is 3.57. The molecule has 162 valence electrons. The van der Waals surface area contributed by atoms with Crippen LogP contribution in [0.5, 0.6) is 0 Å². The Labute approximate surface area is 183 Å². The van der Waals surface area contributed by atoms with Crippen LogP contribution in [0.2, 0.25) is 0 Å². The van der Waals surface area contributed by atoms with Crippen LogP contribution in [0.25, 0.3) is 22.4 Å². The first kappa shape index (κ1) is 20.2. The highest BCUT2D eigenvalue weighted by Gasteiger charge is 2.30. The fourth-order valence-electron chi connectivity index (χ4n) is 4.48. The van der Waals surface area contributed by atoms with Crippen LogP contribution in [0, 0.1) is 0 Å². The molecule has 6 heteroatoms. The highest BCUT2D eigenvalue weighted by molar-refractivity contribution is 6.09. The molecule has 1 N–H and O–H groups in total. The summed E-state index contributed by atoms with van der Waals surface area (Å²) in [5.74, 6) is 0.393. The van der Waals surface area contributed by atoms with Crippen molar-refractivity contribution in [2.24, 2.45) is 0 Å². The van der Waals surface area contributed by atoms with E-state index in [9.17, 15) is 4.79 Å². The Hall–Kier alpha value is -2.73. The number of likely N-dealkylation sites (tertiary alicyclic amines) is 1. The standard InChI is InChI=1S/C25H30N4O2/c1-2-3-13-29-14-11-19(12-15-29)26-24(30)20-16-21(17-9-10-17)27-25-22(20)23(28-31-25)18-7-5-4-6-8-18/h4-8,16-17,19H,2-3,9-15H2,1H3,(H,26,30). The molecule has 1 saturated carbocycles. The molecule has 0 radical (unpaired) electrons. The Morgan fingerprint density at radius 3 is 2.65 bits per heavy atom. The van der Waals surface area contributed by atoms with E-state index in [-0.39, 0.29) is 11.9 Å². The normalized spacial score (nSPS) is 17.8. The summed E-state index contributed by atoms with van der Waals surface area (Å²) in [5.41, 5.74) is 3.66. The van der Waals surface area contributed by atoms with Crippen molar-refractivity contribution in [3.63, 3.8) is 0 Å². The summed E-state index contributed by atoms with van der Waals surface area (Å²) in [6.07, 6.45) is 6.69. The molecule has 3 aromatic rings. The number of nitrogens with zero attached hydrogens (tertiary/aromatic N) is 3. The lowest BCUT2D eigenvalue weighted by atomic mass is 10.0. The molecule has 5 rings (SSSR count). The molecular weight excluding hydrogens is 388 g/mol. The van der Waals surface area contributed by atoms with E-state index in [1.807, 2.05) is 36.4 Å². The summed E-state index contributed by atoms with van der Waals surface area (Å²) < 4.78 is 5.61. The smallest absolute Gasteiger partial charge is 0.259 e. The Kier molecular flexibility index (Phi) is 5.72. The van der Waals surface area contributed by atoms with Crippen LogP contribution in [0.3, 0.4) is 0 Å². The number of nitrogens with one attached hydrogen (secondary N) is 1. The third-order valence-electron chi connectivity index (χ3n) is 6.50. The fourth-order valence-corrected chi connectivity index (χ4v) is 4.48. The minimum absolute atomic E-state index is 0.0401. The van der Waals surface area contributed by atoms with Gasteiger partial charge in [-0.3, -0.25) is 4.79 Å². The molecule has 2 aromatic heterocycles. The van der Waals surface area contributed by atoms with Crippen LogP contribution in [0.15, 0.2) is 40.9 Å². The molecule has 0 spiro atoms. The summed E-state index contributed by atoms with van der Waals surface area (Å²) in [6.45, 7) is 5.49. The maximum atomic E-state index is 13.4. The van der Waals surface area contributed by atoms with Gasteiger partial charge in [-0.25, -0.2) is 4.98 Å². The maximum Gasteiger partial charge on any atom is 0.259 e. The van der Waals surface area contributed by atoms with Gasteiger partial charge < -0.3 is 14.7 Å². The number of rotatable bonds is 7. The Morgan fingerprint density at radius 1 is 1.16 bits per heavy atom. The van der Waals surface area contributed by atoms with Crippen molar-refractivity contribution in [1.29, 1.82) is 0 Å². The lowest BCUT2D eigenvalue weighted by Crippen LogP contribution is -2.44. The molecule has 3 heterocycles. The topological polar surface area (TPSA) is 71.3 Å². The van der Waals surface area contributed by atoms with Gasteiger partial charge in [0.25, 0.3) is 11.6 Å². The van der Waals surface area contributed by atoms with Crippen molar-refractivity contribution in [3.8, 4) is 11.3 Å². The molecule has 1 saturated heterocycles. The van der Waals surface area contributed by atoms with Gasteiger partial charge in [0.15, 0.2) is 0 Å². The predicted octanol–water partition coefficient (Wildman–Crippen LogP) is 4.76. The zero-order valence-corrected chi connectivity index (χ0v) is 18.1. The second-order valence-corrected chi connectivity index (χ2v) is 8.89. The van der Waals surface area contributed by atoms with E-state index < -0.39 is 0 Å². The van der Waals surface area contributed by atoms with Crippen molar-refractivity contribution >= 4 is 17.0 Å². The van der Waals surface area contributed by atoms with E-state index in [0.29, 0.717) is 28.3 Å². The van der Waals surface area contributed by atoms with Crippen LogP contribution < -0.4 is 5.32 Å². The van der Waals surface area contributed by atoms with Gasteiger partial charge in [-0.05, 0) is 44.7 Å². The van der Waals surface area contributed by atoms with Crippen LogP contribution in [-0.4, -0.2) is 46.6 Å². The SMILES string of the molecule is CCCCN1CCC(NC(=O)c2cc(C3CC3)nc3onc(-c4ccccc4)c23)CC1. The van der Waals surface area contributed by atoms with Gasteiger partial charge in [-0.15, -0.1) is 0 Å². The third kappa shape index (κ3) is 4.35. The Bertz CT molecular complexity index is 1050. The van der Waals surface area contributed by atoms with Gasteiger partial charge in [0, 0.05) is 36.3 Å². The molecule has 2 aliphatic rings. The second-order valence-electron chi connectivity index (χ2n) is 8.89. The lowest BCUT2D eigenvalue weighted by molar-refractivity contribution is 0.0912. The number of fused-ring (bicyclic) bond motifs is 1. The first-order valence-corrected chi connectivity index (χ1v) is 11.6. The first-order valence-electron chi connectivity index (χ1n) is 11.6. The molecule has 0 atom stereocenters. The number of carbonyl (C=O) groups is 1. The third-order valence-corrected chi connectivity index (χ3v) is 6.50. The molecule has 2 fully saturated rings. The van der Waals surface area contributed by atoms with Crippen LogP contribution in [0.4, 0.5) is 0 Å². The zero-order chi connectivity index (χ0) is 21.2. The number of aromatic nitrogens is 2. The number of amides is 1. The second kappa shape index (κ2) is 8.79. The van der Waals surface area contributed by atoms with Crippen LogP contribution in [0.1, 0.15) is 67.4 Å². The minimum Gasteiger partial charge on any atom is -0.349 e. The van der Waals surface area contributed by atoms with E-state index in [4.69, 9.17) is 9.51 Å². The van der Waals surface area contributed by atoms with E-state index in [1.165, 1.54) is 12.8 Å². The molecule has 1 aliphatic carbocycles. The molecular formula is C25H30N4O2. The molecule has 31 heavy (non-hydrogen) atoms. The number of hydrogen-bond acceptors (Lipinski definition) is 5. The molecule has 1 aromatic carbocycles. The summed E-state index contributed by atoms with van der Waals surface area (Å²) in [6, 6.07) is 12.0. The highest BCUT2D eigenvalue weighted by Crippen LogP contribution is 2.41. The number of hydrogen-bond donors (Lipinski definition) is 1. The average molecular weight is 419 g/mol. The summed E-state index contributed by atoms with van der Waals surface area (Å²) in [4.78, 5) is 20.6. The van der Waals surface area contributed by atoms with Gasteiger partial charge in [0.1, 0.15) is 5.69 Å². The van der Waals surface area contributed by atoms with Crippen LogP contribution >= 0.6 is 0 Å². The van der Waals surface area contributed by atoms with Gasteiger partial charge in [0.05, 0.1) is 10.9 Å². The summed E-state index contributed by atoms with van der Waals surface area (Å²) in [7, 11) is 0. The molecule has 1 amide bonds. The molecule has 6 nitrogen and oxygen atoms in total. The van der Waals surface area contributed by atoms with E-state index in [2.05, 4.69) is 22.3 Å². The van der Waals surface area contributed by atoms with Crippen molar-refractivity contribution < 1.29 is 9.32 Å². The van der Waals surface area contributed by atoms with Crippen molar-refractivity contribution in [2.75, 3.05) is 19.6 Å². The lowest BCUT2D eigenvalue weighted by Gasteiger charge is -2.32. The largest absolute Gasteiger partial charge is 0.349 e. The minimum atomic E-state index is -0.0401. The van der Waals surface area contributed by atoms with Crippen LogP contribution in [-0.2, 0) is 0 Å². The van der Waals surface area contributed by atoms with Crippen molar-refractivity contribution in [3.05, 3.63) is 47.7 Å². The molecule has 0 bridgehead atoms. The molecule has 1 aliphatic heterocycles. The summed E-state index contributed by atoms with van der Waals surface area (Å²) in [5, 5.41) is 8.30. The van der Waals surface area contributed by atoms with E-state index in [1.54, 1.807) is 0 Å². The number of pyridine rings is 1. The number of carbonyl (C=O) groups excluding carboxylic acids is 1. The van der Waals surface area contributed by atoms with Crippen molar-refractivity contribution in [1.82, 2.24) is 20.4 Å². The Balaban J connectivity index is 1.41. The quantitative estimate of drug-likeness (QED) is 0.599. The van der Waals surface area contributed by atoms with Crippen molar-refractivity contribution in [2.45, 2.75) is 57.4 Å². The number of benzene rings is 1. The Morgan fingerprint density at radius 2 is 1.94 bits per heavy atom. The number of unbranched alkanes of at least 4 members (excludes halogenated alkanes) is 1. The molecule has 0 unspecified atom stereocenters. The van der Waals surface area contributed by atoms with Gasteiger partial charge in [-0.1, -0.05) is 48.8 Å². The number of piperidine rings is 1. The van der Waals surface area contributed by atoms with Gasteiger partial charge in [-0.2, -0.15) is 0 Å². The summed E-state index contributed by atoms with van der Waals surface area (Å²) >= 11 is 0.